The van der Waals surface area contributed by atoms with Gasteiger partial charge in [-0.25, -0.2) is 4.79 Å². The highest BCUT2D eigenvalue weighted by Crippen LogP contribution is 1.60. The maximum Gasteiger partial charge on any atom is 0.505 e. The number of carboxylic acid groups (broad SMARTS) is 2. The van der Waals surface area contributed by atoms with Crippen molar-refractivity contribution in [1.82, 2.24) is 0 Å². The zero-order valence-corrected chi connectivity index (χ0v) is 8.23. The lowest BCUT2D eigenvalue weighted by Gasteiger charge is -1.79. The van der Waals surface area contributed by atoms with E-state index >= 15 is 0 Å². The van der Waals surface area contributed by atoms with Gasteiger partial charge in [0.1, 0.15) is 6.79 Å². The highest BCUT2D eigenvalue weighted by Gasteiger charge is 1.80. The molecule has 6 nitrogen and oxygen atoms in total. The van der Waals surface area contributed by atoms with Gasteiger partial charge < -0.3 is 19.7 Å². The molecule has 0 bridgehead atoms. The summed E-state index contributed by atoms with van der Waals surface area (Å²) in [6, 6.07) is 0. The Hall–Kier alpha value is -1.59. The number of aliphatic carboxylic acids is 1. The maximum atomic E-state index is 9.15. The summed E-state index contributed by atoms with van der Waals surface area (Å²) in [5, 5.41) is 14.9. The molecule has 0 aliphatic heterocycles. The highest BCUT2D eigenvalue weighted by molar-refractivity contribution is 5.62. The fourth-order valence-electron chi connectivity index (χ4n) is 0. The largest absolute Gasteiger partial charge is 0.505 e. The van der Waals surface area contributed by atoms with Crippen LogP contribution in [0.5, 0.6) is 0 Å². The molecule has 6 heteroatoms. The van der Waals surface area contributed by atoms with E-state index in [9.17, 15) is 0 Å². The molecule has 0 aromatic carbocycles. The summed E-state index contributed by atoms with van der Waals surface area (Å²) in [4.78, 5) is 26.1. The van der Waals surface area contributed by atoms with E-state index in [2.05, 4.69) is 4.74 Å². The fraction of sp³-hybridized carbons (Fsp3) is 0.700. The number of carbonyl (C=O) groups is 3. The molecule has 0 atom stereocenters. The van der Waals surface area contributed by atoms with Gasteiger partial charge in [-0.1, -0.05) is 36.1 Å². The van der Waals surface area contributed by atoms with Crippen molar-refractivity contribution in [2.24, 2.45) is 0 Å². The monoisotopic (exact) mass is 244 g/mol. The minimum atomic E-state index is -1.25. The number of ether oxygens (including phenoxy) is 1. The molecule has 0 aromatic rings. The molecule has 0 amide bonds. The van der Waals surface area contributed by atoms with E-state index in [-0.39, 0.29) is 22.3 Å². The van der Waals surface area contributed by atoms with Crippen molar-refractivity contribution < 1.29 is 29.3 Å². The van der Waals surface area contributed by atoms with E-state index < -0.39 is 12.1 Å². The van der Waals surface area contributed by atoms with E-state index in [0.29, 0.717) is 0 Å². The second-order valence-electron chi connectivity index (χ2n) is 0.989. The number of rotatable bonds is 0. The van der Waals surface area contributed by atoms with Crippen molar-refractivity contribution in [3.8, 4) is 0 Å². The Morgan fingerprint density at radius 2 is 1.06 bits per heavy atom. The van der Waals surface area contributed by atoms with Gasteiger partial charge in [0.2, 0.25) is 0 Å². The third-order valence-electron chi connectivity index (χ3n) is 0.175. The molecule has 0 spiro atoms. The van der Waals surface area contributed by atoms with Gasteiger partial charge in [0, 0.05) is 6.92 Å². The molecule has 0 rings (SSSR count). The van der Waals surface area contributed by atoms with Crippen LogP contribution >= 0.6 is 0 Å². The second-order valence-corrected chi connectivity index (χ2v) is 0.989. The molecule has 0 saturated carbocycles. The lowest BCUT2D eigenvalue weighted by atomic mass is 10.9. The normalized spacial score (nSPS) is 4.25. The lowest BCUT2D eigenvalue weighted by Crippen LogP contribution is -1.91. The Kier molecular flexibility index (Phi) is 208. The molecular weight excluding hydrogens is 216 g/mol. The van der Waals surface area contributed by atoms with Gasteiger partial charge in [0.05, 0.1) is 7.11 Å². The zero-order valence-electron chi connectivity index (χ0n) is 8.23. The molecule has 0 aromatic heterocycles. The van der Waals surface area contributed by atoms with Gasteiger partial charge in [-0.3, -0.25) is 4.79 Å². The average Bonchev–Trinajstić information content (AvgIpc) is 2.10. The molecule has 16 heavy (non-hydrogen) atoms. The average molecular weight is 244 g/mol. The third-order valence-corrected chi connectivity index (χ3v) is 0.175. The second kappa shape index (κ2) is 70.6. The van der Waals surface area contributed by atoms with E-state index in [0.717, 1.165) is 14.0 Å². The fourth-order valence-corrected chi connectivity index (χ4v) is 0. The van der Waals surface area contributed by atoms with E-state index in [1.54, 1.807) is 0 Å². The Morgan fingerprint density at radius 3 is 1.06 bits per heavy atom. The molecule has 0 saturated heterocycles. The Morgan fingerprint density at radius 1 is 1.00 bits per heavy atom. The standard InChI is InChI=1S/C2H4O3.C2H4O2.C2H6.CH2O.3CH4/c1-5-2(3)4;1-2(3)4;2*1-2;;;/h1H3,(H,3,4);1H3,(H,3,4);1-2H3;1H2;3*1H4. The summed E-state index contributed by atoms with van der Waals surface area (Å²) in [6.07, 6.45) is -1.25. The number of hydrogen-bond donors (Lipinski definition) is 2. The number of carbonyl (C=O) groups excluding carboxylic acids is 1. The van der Waals surface area contributed by atoms with Crippen LogP contribution in [-0.2, 0) is 14.3 Å². The number of carboxylic acids is 1. The van der Waals surface area contributed by atoms with Crippen LogP contribution < -0.4 is 0 Å². The minimum absolute atomic E-state index is 0. The van der Waals surface area contributed by atoms with Crippen LogP contribution in [0.2, 0.25) is 0 Å². The van der Waals surface area contributed by atoms with Crippen molar-refractivity contribution >= 4 is 18.9 Å². The minimum Gasteiger partial charge on any atom is -0.481 e. The molecule has 104 valence electrons. The van der Waals surface area contributed by atoms with Gasteiger partial charge >= 0.3 is 6.16 Å². The molecule has 0 fully saturated rings. The molecule has 0 radical (unpaired) electrons. The van der Waals surface area contributed by atoms with Crippen LogP contribution in [0.1, 0.15) is 43.1 Å². The van der Waals surface area contributed by atoms with Crippen LogP contribution in [0, 0.1) is 0 Å². The topological polar surface area (TPSA) is 101 Å². The summed E-state index contributed by atoms with van der Waals surface area (Å²) < 4.78 is 3.67. The number of methoxy groups -OCH3 is 1. The van der Waals surface area contributed by atoms with Crippen LogP contribution in [0.3, 0.4) is 0 Å². The smallest absolute Gasteiger partial charge is 0.481 e. The Labute approximate surface area is 99.2 Å². The Bertz CT molecular complexity index is 110. The molecule has 0 unspecified atom stereocenters. The predicted molar refractivity (Wildman–Crippen MR) is 67.0 cm³/mol. The summed E-state index contributed by atoms with van der Waals surface area (Å²) in [5.41, 5.74) is 0. The highest BCUT2D eigenvalue weighted by atomic mass is 16.6. The van der Waals surface area contributed by atoms with Gasteiger partial charge in [0.15, 0.2) is 0 Å². The van der Waals surface area contributed by atoms with Crippen LogP contribution in [0.15, 0.2) is 0 Å². The third kappa shape index (κ3) is 9610. The quantitative estimate of drug-likeness (QED) is 0.635. The van der Waals surface area contributed by atoms with Crippen molar-refractivity contribution in [3.63, 3.8) is 0 Å². The first-order chi connectivity index (χ1) is 6.00. The van der Waals surface area contributed by atoms with Crippen molar-refractivity contribution in [2.75, 3.05) is 7.11 Å². The van der Waals surface area contributed by atoms with Crippen molar-refractivity contribution in [2.45, 2.75) is 43.1 Å². The van der Waals surface area contributed by atoms with Crippen LogP contribution in [0.4, 0.5) is 4.79 Å². The summed E-state index contributed by atoms with van der Waals surface area (Å²) in [5.74, 6) is -0.833. The van der Waals surface area contributed by atoms with E-state index in [1.807, 2.05) is 20.6 Å². The van der Waals surface area contributed by atoms with E-state index in [4.69, 9.17) is 24.6 Å². The molecular formula is C10H28O6. The van der Waals surface area contributed by atoms with Crippen molar-refractivity contribution in [3.05, 3.63) is 0 Å². The first-order valence-electron chi connectivity index (χ1n) is 3.26. The molecule has 2 N–H and O–H groups in total. The molecule has 0 heterocycles. The van der Waals surface area contributed by atoms with Crippen LogP contribution in [-0.4, -0.2) is 36.2 Å². The summed E-state index contributed by atoms with van der Waals surface area (Å²) >= 11 is 0. The first kappa shape index (κ1) is 47.2. The first-order valence-corrected chi connectivity index (χ1v) is 3.26. The maximum absolute atomic E-state index is 9.15. The van der Waals surface area contributed by atoms with Gasteiger partial charge in [-0.05, 0) is 0 Å². The molecule has 0 aliphatic carbocycles. The van der Waals surface area contributed by atoms with Gasteiger partial charge in [-0.15, -0.1) is 0 Å². The lowest BCUT2D eigenvalue weighted by molar-refractivity contribution is -0.134. The van der Waals surface area contributed by atoms with Gasteiger partial charge in [0.25, 0.3) is 5.97 Å². The summed E-state index contributed by atoms with van der Waals surface area (Å²) in [6.45, 7) is 7.08. The Balaban J connectivity index is -0.0000000136. The van der Waals surface area contributed by atoms with E-state index in [1.165, 1.54) is 0 Å². The number of hydrogen-bond acceptors (Lipinski definition) is 4. The van der Waals surface area contributed by atoms with Crippen LogP contribution in [0.25, 0.3) is 0 Å². The van der Waals surface area contributed by atoms with Crippen molar-refractivity contribution in [1.29, 1.82) is 0 Å². The summed E-state index contributed by atoms with van der Waals surface area (Å²) in [7, 11) is 1.10. The molecule has 0 aliphatic rings. The zero-order chi connectivity index (χ0) is 11.9. The predicted octanol–water partition coefficient (Wildman–Crippen LogP) is 3.15. The van der Waals surface area contributed by atoms with Gasteiger partial charge in [-0.2, -0.15) is 0 Å². The SMILES string of the molecule is C.C.C.C=O.CC.CC(=O)O.COC(=O)O.